The molecule has 0 aromatic heterocycles. The number of carbonyl (C=O) groups is 2. The average molecular weight is 367 g/mol. The first-order valence-electron chi connectivity index (χ1n) is 7.20. The van der Waals surface area contributed by atoms with Gasteiger partial charge in [0.05, 0.1) is 11.4 Å². The van der Waals surface area contributed by atoms with Gasteiger partial charge in [-0.05, 0) is 36.8 Å². The van der Waals surface area contributed by atoms with Crippen LogP contribution in [0.15, 0.2) is 48.5 Å². The van der Waals surface area contributed by atoms with Crippen molar-refractivity contribution in [1.29, 1.82) is 0 Å². The number of amides is 2. The standard InChI is InChI=1S/C17H16Cl2N2O3/c1-11(24-15-5-3-2-4-14(15)19)17(23)21-20-16(22)10-12-6-8-13(18)9-7-12/h2-9,11H,10H2,1H3,(H,20,22)(H,21,23). The molecule has 0 radical (unpaired) electrons. The second kappa shape index (κ2) is 8.57. The number of hydrazine groups is 1. The van der Waals surface area contributed by atoms with Crippen molar-refractivity contribution in [3.63, 3.8) is 0 Å². The fraction of sp³-hybridized carbons (Fsp3) is 0.176. The van der Waals surface area contributed by atoms with Crippen molar-refractivity contribution in [1.82, 2.24) is 10.9 Å². The third-order valence-electron chi connectivity index (χ3n) is 3.11. The molecule has 2 aromatic rings. The number of rotatable bonds is 5. The second-order valence-electron chi connectivity index (χ2n) is 5.03. The lowest BCUT2D eigenvalue weighted by Gasteiger charge is -2.16. The molecule has 0 fully saturated rings. The Kier molecular flexibility index (Phi) is 6.46. The van der Waals surface area contributed by atoms with Gasteiger partial charge in [-0.2, -0.15) is 0 Å². The Hall–Kier alpha value is -2.24. The van der Waals surface area contributed by atoms with Gasteiger partial charge in [0.15, 0.2) is 6.10 Å². The molecule has 0 spiro atoms. The van der Waals surface area contributed by atoms with Crippen LogP contribution in [-0.2, 0) is 16.0 Å². The predicted molar refractivity (Wildman–Crippen MR) is 93.0 cm³/mol. The molecule has 0 saturated carbocycles. The highest BCUT2D eigenvalue weighted by Crippen LogP contribution is 2.24. The zero-order valence-electron chi connectivity index (χ0n) is 12.9. The highest BCUT2D eigenvalue weighted by molar-refractivity contribution is 6.32. The Morgan fingerprint density at radius 3 is 2.38 bits per heavy atom. The van der Waals surface area contributed by atoms with Crippen LogP contribution < -0.4 is 15.6 Å². The number of nitrogens with one attached hydrogen (secondary N) is 2. The van der Waals surface area contributed by atoms with Crippen molar-refractivity contribution in [2.24, 2.45) is 0 Å². The molecule has 0 aliphatic heterocycles. The lowest BCUT2D eigenvalue weighted by Crippen LogP contribution is -2.47. The molecular formula is C17H16Cl2N2O3. The first-order chi connectivity index (χ1) is 11.5. The van der Waals surface area contributed by atoms with Gasteiger partial charge in [-0.25, -0.2) is 0 Å². The quantitative estimate of drug-likeness (QED) is 0.798. The van der Waals surface area contributed by atoms with Crippen molar-refractivity contribution >= 4 is 35.0 Å². The number of ether oxygens (including phenoxy) is 1. The molecule has 24 heavy (non-hydrogen) atoms. The molecule has 126 valence electrons. The molecule has 5 nitrogen and oxygen atoms in total. The number of hydrogen-bond acceptors (Lipinski definition) is 3. The summed E-state index contributed by atoms with van der Waals surface area (Å²) in [7, 11) is 0. The lowest BCUT2D eigenvalue weighted by molar-refractivity contribution is -0.132. The highest BCUT2D eigenvalue weighted by Gasteiger charge is 2.16. The Balaban J connectivity index is 1.80. The molecule has 1 atom stereocenters. The van der Waals surface area contributed by atoms with Crippen LogP contribution in [0, 0.1) is 0 Å². The van der Waals surface area contributed by atoms with Crippen LogP contribution in [0.3, 0.4) is 0 Å². The van der Waals surface area contributed by atoms with E-state index in [2.05, 4.69) is 10.9 Å². The van der Waals surface area contributed by atoms with E-state index in [9.17, 15) is 9.59 Å². The first-order valence-corrected chi connectivity index (χ1v) is 7.95. The Morgan fingerprint density at radius 2 is 1.71 bits per heavy atom. The van der Waals surface area contributed by atoms with Crippen LogP contribution in [0.25, 0.3) is 0 Å². The Bertz CT molecular complexity index is 720. The van der Waals surface area contributed by atoms with Crippen molar-refractivity contribution in [2.45, 2.75) is 19.4 Å². The molecule has 0 aliphatic carbocycles. The van der Waals surface area contributed by atoms with Gasteiger partial charge in [-0.1, -0.05) is 47.5 Å². The molecule has 2 N–H and O–H groups in total. The zero-order chi connectivity index (χ0) is 17.5. The van der Waals surface area contributed by atoms with E-state index in [-0.39, 0.29) is 12.3 Å². The molecular weight excluding hydrogens is 351 g/mol. The van der Waals surface area contributed by atoms with E-state index < -0.39 is 12.0 Å². The van der Waals surface area contributed by atoms with Crippen molar-refractivity contribution in [2.75, 3.05) is 0 Å². The van der Waals surface area contributed by atoms with E-state index in [1.807, 2.05) is 0 Å². The largest absolute Gasteiger partial charge is 0.479 e. The van der Waals surface area contributed by atoms with E-state index in [0.29, 0.717) is 15.8 Å². The van der Waals surface area contributed by atoms with E-state index in [4.69, 9.17) is 27.9 Å². The average Bonchev–Trinajstić information content (AvgIpc) is 2.56. The fourth-order valence-electron chi connectivity index (χ4n) is 1.85. The maximum Gasteiger partial charge on any atom is 0.279 e. The van der Waals surface area contributed by atoms with Gasteiger partial charge in [0, 0.05) is 5.02 Å². The molecule has 0 saturated heterocycles. The number of para-hydroxylation sites is 1. The summed E-state index contributed by atoms with van der Waals surface area (Å²) in [6, 6.07) is 13.7. The molecule has 2 aromatic carbocycles. The molecule has 1 unspecified atom stereocenters. The van der Waals surface area contributed by atoms with Crippen molar-refractivity contribution < 1.29 is 14.3 Å². The summed E-state index contributed by atoms with van der Waals surface area (Å²) in [5.41, 5.74) is 5.45. The van der Waals surface area contributed by atoms with Crippen LogP contribution in [0.2, 0.25) is 10.0 Å². The van der Waals surface area contributed by atoms with Gasteiger partial charge in [0.25, 0.3) is 5.91 Å². The monoisotopic (exact) mass is 366 g/mol. The number of benzene rings is 2. The summed E-state index contributed by atoms with van der Waals surface area (Å²) < 4.78 is 5.46. The first kappa shape index (κ1) is 18.1. The summed E-state index contributed by atoms with van der Waals surface area (Å²) in [5, 5.41) is 1.00. The summed E-state index contributed by atoms with van der Waals surface area (Å²) in [5.74, 6) is -0.440. The molecule has 7 heteroatoms. The minimum Gasteiger partial charge on any atom is -0.479 e. The van der Waals surface area contributed by atoms with Crippen LogP contribution in [0.1, 0.15) is 12.5 Å². The van der Waals surface area contributed by atoms with Gasteiger partial charge in [0.1, 0.15) is 5.75 Å². The summed E-state index contributed by atoms with van der Waals surface area (Å²) in [4.78, 5) is 23.8. The lowest BCUT2D eigenvalue weighted by atomic mass is 10.1. The molecule has 0 bridgehead atoms. The van der Waals surface area contributed by atoms with E-state index in [1.54, 1.807) is 55.5 Å². The summed E-state index contributed by atoms with van der Waals surface area (Å²) in [6.45, 7) is 1.56. The molecule has 0 heterocycles. The smallest absolute Gasteiger partial charge is 0.279 e. The van der Waals surface area contributed by atoms with Gasteiger partial charge in [-0.3, -0.25) is 20.4 Å². The SMILES string of the molecule is CC(Oc1ccccc1Cl)C(=O)NNC(=O)Cc1ccc(Cl)cc1. The van der Waals surface area contributed by atoms with E-state index in [0.717, 1.165) is 5.56 Å². The third kappa shape index (κ3) is 5.44. The fourth-order valence-corrected chi connectivity index (χ4v) is 2.16. The molecule has 2 rings (SSSR count). The predicted octanol–water partition coefficient (Wildman–Crippen LogP) is 3.15. The molecule has 0 aliphatic rings. The van der Waals surface area contributed by atoms with Crippen LogP contribution in [-0.4, -0.2) is 17.9 Å². The number of carbonyl (C=O) groups excluding carboxylic acids is 2. The van der Waals surface area contributed by atoms with Gasteiger partial charge < -0.3 is 4.74 Å². The summed E-state index contributed by atoms with van der Waals surface area (Å²) in [6.07, 6.45) is -0.697. The van der Waals surface area contributed by atoms with Gasteiger partial charge in [0.2, 0.25) is 5.91 Å². The minimum absolute atomic E-state index is 0.122. The summed E-state index contributed by atoms with van der Waals surface area (Å²) >= 11 is 11.7. The van der Waals surface area contributed by atoms with Crippen LogP contribution in [0.5, 0.6) is 5.75 Å². The Labute approximate surface area is 149 Å². The van der Waals surface area contributed by atoms with E-state index in [1.165, 1.54) is 0 Å². The van der Waals surface area contributed by atoms with E-state index >= 15 is 0 Å². The third-order valence-corrected chi connectivity index (χ3v) is 3.68. The maximum absolute atomic E-state index is 11.9. The second-order valence-corrected chi connectivity index (χ2v) is 5.87. The minimum atomic E-state index is -0.819. The van der Waals surface area contributed by atoms with Crippen molar-refractivity contribution in [3.05, 3.63) is 64.1 Å². The highest BCUT2D eigenvalue weighted by atomic mass is 35.5. The zero-order valence-corrected chi connectivity index (χ0v) is 14.4. The normalized spacial score (nSPS) is 11.5. The number of halogens is 2. The molecule has 2 amide bonds. The van der Waals surface area contributed by atoms with Crippen LogP contribution in [0.4, 0.5) is 0 Å². The topological polar surface area (TPSA) is 67.4 Å². The Morgan fingerprint density at radius 1 is 1.04 bits per heavy atom. The van der Waals surface area contributed by atoms with Gasteiger partial charge >= 0.3 is 0 Å². The number of hydrogen-bond donors (Lipinski definition) is 2. The van der Waals surface area contributed by atoms with Crippen LogP contribution >= 0.6 is 23.2 Å². The van der Waals surface area contributed by atoms with Crippen molar-refractivity contribution in [3.8, 4) is 5.75 Å². The van der Waals surface area contributed by atoms with Gasteiger partial charge in [-0.15, -0.1) is 0 Å². The maximum atomic E-state index is 11.9.